The van der Waals surface area contributed by atoms with Gasteiger partial charge in [0.2, 0.25) is 0 Å². The Balaban J connectivity index is 1.36. The molecule has 7 nitrogen and oxygen atoms in total. The normalized spacial score (nSPS) is 21.2. The number of halogens is 1. The van der Waals surface area contributed by atoms with Gasteiger partial charge in [0.15, 0.2) is 0 Å². The number of carbonyl (C=O) groups is 1. The molecule has 1 saturated heterocycles. The van der Waals surface area contributed by atoms with Gasteiger partial charge in [-0.3, -0.25) is 9.80 Å². The highest BCUT2D eigenvalue weighted by Gasteiger charge is 2.34. The quantitative estimate of drug-likeness (QED) is 0.660. The first-order valence-electron chi connectivity index (χ1n) is 11.3. The van der Waals surface area contributed by atoms with Gasteiger partial charge in [-0.15, -0.1) is 0 Å². The van der Waals surface area contributed by atoms with Gasteiger partial charge in [0.1, 0.15) is 23.4 Å². The Hall–Kier alpha value is -3.29. The maximum absolute atomic E-state index is 14.3. The molecule has 2 aliphatic heterocycles. The molecule has 2 aromatic rings. The molecular weight excluding hydrogens is 425 g/mol. The maximum atomic E-state index is 14.3. The Labute approximate surface area is 193 Å². The highest BCUT2D eigenvalue weighted by Crippen LogP contribution is 2.32. The molecule has 2 atom stereocenters. The molecule has 33 heavy (non-hydrogen) atoms. The summed E-state index contributed by atoms with van der Waals surface area (Å²) >= 11 is 0. The van der Waals surface area contributed by atoms with Crippen molar-refractivity contribution in [3.63, 3.8) is 0 Å². The zero-order valence-electron chi connectivity index (χ0n) is 19.2. The van der Waals surface area contributed by atoms with Crippen LogP contribution in [0.1, 0.15) is 33.1 Å². The van der Waals surface area contributed by atoms with E-state index in [2.05, 4.69) is 5.10 Å². The number of ether oxygens (including phenoxy) is 2. The number of aliphatic carboxylic acids is 1. The molecule has 0 radical (unpaired) electrons. The molecule has 2 aliphatic rings. The zero-order valence-corrected chi connectivity index (χ0v) is 19.2. The van der Waals surface area contributed by atoms with E-state index in [0.717, 1.165) is 30.0 Å². The van der Waals surface area contributed by atoms with Crippen LogP contribution in [-0.2, 0) is 4.79 Å². The van der Waals surface area contributed by atoms with Crippen LogP contribution in [0, 0.1) is 11.7 Å². The van der Waals surface area contributed by atoms with Gasteiger partial charge < -0.3 is 19.5 Å². The number of benzene rings is 2. The second-order valence-corrected chi connectivity index (χ2v) is 8.66. The van der Waals surface area contributed by atoms with Crippen molar-refractivity contribution >= 4 is 23.1 Å². The molecular formula is C25H30FN3O4. The first kappa shape index (κ1) is 22.9. The van der Waals surface area contributed by atoms with Crippen molar-refractivity contribution in [2.45, 2.75) is 45.3 Å². The lowest BCUT2D eigenvalue weighted by Crippen LogP contribution is -2.38. The number of anilines is 2. The van der Waals surface area contributed by atoms with Crippen molar-refractivity contribution in [1.29, 1.82) is 0 Å². The van der Waals surface area contributed by atoms with Crippen LogP contribution in [0.5, 0.6) is 11.5 Å². The van der Waals surface area contributed by atoms with E-state index in [1.807, 2.05) is 43.0 Å². The van der Waals surface area contributed by atoms with E-state index >= 15 is 0 Å². The van der Waals surface area contributed by atoms with Crippen LogP contribution in [0.4, 0.5) is 15.8 Å². The molecule has 176 valence electrons. The molecule has 2 heterocycles. The second-order valence-electron chi connectivity index (χ2n) is 8.66. The third-order valence-electron chi connectivity index (χ3n) is 6.54. The van der Waals surface area contributed by atoms with Crippen molar-refractivity contribution in [3.05, 3.63) is 48.3 Å². The minimum absolute atomic E-state index is 0.0344. The van der Waals surface area contributed by atoms with Gasteiger partial charge in [0.25, 0.3) is 0 Å². The van der Waals surface area contributed by atoms with E-state index in [9.17, 15) is 14.3 Å². The summed E-state index contributed by atoms with van der Waals surface area (Å²) in [6.45, 7) is 5.33. The predicted molar refractivity (Wildman–Crippen MR) is 126 cm³/mol. The molecule has 1 fully saturated rings. The predicted octanol–water partition coefficient (Wildman–Crippen LogP) is 4.56. The summed E-state index contributed by atoms with van der Waals surface area (Å²) in [7, 11) is 1.58. The minimum Gasteiger partial charge on any atom is -0.497 e. The SMILES string of the molecule is COc1ccc(F)c(N2CCC(Oc3ccc(N4N=C(C)C(C)C4CC(=O)O)cc3)CC2)c1. The largest absolute Gasteiger partial charge is 0.497 e. The number of piperidine rings is 1. The van der Waals surface area contributed by atoms with Crippen LogP contribution < -0.4 is 19.4 Å². The van der Waals surface area contributed by atoms with Crippen molar-refractivity contribution < 1.29 is 23.8 Å². The smallest absolute Gasteiger partial charge is 0.305 e. The lowest BCUT2D eigenvalue weighted by Gasteiger charge is -2.34. The summed E-state index contributed by atoms with van der Waals surface area (Å²) in [6.07, 6.45) is 1.65. The summed E-state index contributed by atoms with van der Waals surface area (Å²) < 4.78 is 25.7. The minimum atomic E-state index is -0.832. The summed E-state index contributed by atoms with van der Waals surface area (Å²) in [4.78, 5) is 13.3. The summed E-state index contributed by atoms with van der Waals surface area (Å²) in [6, 6.07) is 12.2. The van der Waals surface area contributed by atoms with E-state index < -0.39 is 5.97 Å². The highest BCUT2D eigenvalue weighted by atomic mass is 19.1. The number of hydrogen-bond acceptors (Lipinski definition) is 6. The molecule has 0 aromatic heterocycles. The lowest BCUT2D eigenvalue weighted by molar-refractivity contribution is -0.137. The van der Waals surface area contributed by atoms with E-state index in [4.69, 9.17) is 9.47 Å². The molecule has 0 amide bonds. The van der Waals surface area contributed by atoms with Gasteiger partial charge in [-0.2, -0.15) is 5.10 Å². The number of rotatable bonds is 7. The standard InChI is InChI=1S/C25H30FN3O4/c1-16-17(2)27-29(23(16)15-25(30)31)18-4-6-19(7-5-18)33-20-10-12-28(13-11-20)24-14-21(32-3)8-9-22(24)26/h4-9,14,16,20,23H,10-13,15H2,1-3H3,(H,30,31). The first-order chi connectivity index (χ1) is 15.9. The number of nitrogens with zero attached hydrogens (tertiary/aromatic N) is 3. The van der Waals surface area contributed by atoms with Crippen LogP contribution in [0.25, 0.3) is 0 Å². The Morgan fingerprint density at radius 2 is 1.82 bits per heavy atom. The fraction of sp³-hybridized carbons (Fsp3) is 0.440. The summed E-state index contributed by atoms with van der Waals surface area (Å²) in [5, 5.41) is 15.7. The average molecular weight is 456 g/mol. The molecule has 0 bridgehead atoms. The van der Waals surface area contributed by atoms with Crippen molar-refractivity contribution in [2.24, 2.45) is 11.0 Å². The summed E-state index contributed by atoms with van der Waals surface area (Å²) in [5.74, 6) is 0.398. The third-order valence-corrected chi connectivity index (χ3v) is 6.54. The van der Waals surface area contributed by atoms with Crippen LogP contribution in [0.2, 0.25) is 0 Å². The van der Waals surface area contributed by atoms with Crippen molar-refractivity contribution in [1.82, 2.24) is 0 Å². The van der Waals surface area contributed by atoms with Crippen LogP contribution in [-0.4, -0.2) is 49.1 Å². The Bertz CT molecular complexity index is 1020. The van der Waals surface area contributed by atoms with E-state index in [0.29, 0.717) is 24.5 Å². The second kappa shape index (κ2) is 9.68. The zero-order chi connectivity index (χ0) is 23.5. The fourth-order valence-electron chi connectivity index (χ4n) is 4.46. The van der Waals surface area contributed by atoms with Gasteiger partial charge in [0.05, 0.1) is 30.9 Å². The van der Waals surface area contributed by atoms with E-state index in [1.54, 1.807) is 24.3 Å². The Kier molecular flexibility index (Phi) is 6.72. The molecule has 2 aromatic carbocycles. The van der Waals surface area contributed by atoms with Crippen LogP contribution >= 0.6 is 0 Å². The fourth-order valence-corrected chi connectivity index (χ4v) is 4.46. The van der Waals surface area contributed by atoms with Crippen molar-refractivity contribution in [2.75, 3.05) is 30.1 Å². The van der Waals surface area contributed by atoms with Gasteiger partial charge in [-0.1, -0.05) is 6.92 Å². The van der Waals surface area contributed by atoms with Crippen LogP contribution in [0.3, 0.4) is 0 Å². The first-order valence-corrected chi connectivity index (χ1v) is 11.3. The monoisotopic (exact) mass is 455 g/mol. The number of carboxylic acid groups (broad SMARTS) is 1. The number of hydrogen-bond donors (Lipinski definition) is 1. The average Bonchev–Trinajstić information content (AvgIpc) is 3.08. The van der Waals surface area contributed by atoms with E-state index in [-0.39, 0.29) is 30.3 Å². The van der Waals surface area contributed by atoms with E-state index in [1.165, 1.54) is 6.07 Å². The third kappa shape index (κ3) is 5.05. The number of methoxy groups -OCH3 is 1. The molecule has 2 unspecified atom stereocenters. The molecule has 0 aliphatic carbocycles. The van der Waals surface area contributed by atoms with Gasteiger partial charge in [-0.25, -0.2) is 4.39 Å². The van der Waals surface area contributed by atoms with Gasteiger partial charge >= 0.3 is 5.97 Å². The molecule has 1 N–H and O–H groups in total. The number of carboxylic acids is 1. The molecule has 0 saturated carbocycles. The highest BCUT2D eigenvalue weighted by molar-refractivity contribution is 5.89. The van der Waals surface area contributed by atoms with Gasteiger partial charge in [0, 0.05) is 43.6 Å². The Morgan fingerprint density at radius 3 is 2.45 bits per heavy atom. The van der Waals surface area contributed by atoms with Crippen molar-refractivity contribution in [3.8, 4) is 11.5 Å². The van der Waals surface area contributed by atoms with Gasteiger partial charge in [-0.05, 0) is 43.3 Å². The summed E-state index contributed by atoms with van der Waals surface area (Å²) in [5.41, 5.74) is 2.34. The topological polar surface area (TPSA) is 74.6 Å². The number of hydrazone groups is 1. The molecule has 0 spiro atoms. The van der Waals surface area contributed by atoms with Crippen LogP contribution in [0.15, 0.2) is 47.6 Å². The Morgan fingerprint density at radius 1 is 1.15 bits per heavy atom. The lowest BCUT2D eigenvalue weighted by atomic mass is 9.96. The molecule has 4 rings (SSSR count). The maximum Gasteiger partial charge on any atom is 0.305 e. The molecule has 8 heteroatoms.